The van der Waals surface area contributed by atoms with E-state index in [0.29, 0.717) is 11.4 Å². The lowest BCUT2D eigenvalue weighted by Crippen LogP contribution is -2.18. The molecule has 0 amide bonds. The Kier molecular flexibility index (Phi) is 3.36. The SMILES string of the molecule is [C-]#[N+]c1ccc(C(C)(C)c2ccc([N+]#[C-])cc2)cc1. The highest BCUT2D eigenvalue weighted by molar-refractivity contribution is 5.51. The van der Waals surface area contributed by atoms with Gasteiger partial charge in [-0.25, -0.2) is 9.69 Å². The molecular formula is C17H14N2. The summed E-state index contributed by atoms with van der Waals surface area (Å²) in [6, 6.07) is 15.4. The minimum atomic E-state index is -0.138. The summed E-state index contributed by atoms with van der Waals surface area (Å²) in [5.74, 6) is 0. The Morgan fingerprint density at radius 1 is 0.684 bits per heavy atom. The number of benzene rings is 2. The molecule has 2 heteroatoms. The van der Waals surface area contributed by atoms with Crippen LogP contribution in [0.2, 0.25) is 0 Å². The van der Waals surface area contributed by atoms with E-state index in [1.807, 2.05) is 48.5 Å². The van der Waals surface area contributed by atoms with Crippen LogP contribution in [0.15, 0.2) is 48.5 Å². The molecule has 0 aliphatic carbocycles. The lowest BCUT2D eigenvalue weighted by molar-refractivity contribution is 0.641. The highest BCUT2D eigenvalue weighted by Gasteiger charge is 2.22. The minimum absolute atomic E-state index is 0.138. The van der Waals surface area contributed by atoms with Crippen LogP contribution in [0.1, 0.15) is 25.0 Å². The van der Waals surface area contributed by atoms with Crippen LogP contribution < -0.4 is 0 Å². The zero-order valence-corrected chi connectivity index (χ0v) is 11.0. The van der Waals surface area contributed by atoms with Crippen molar-refractivity contribution in [3.8, 4) is 0 Å². The number of hydrogen-bond acceptors (Lipinski definition) is 0. The van der Waals surface area contributed by atoms with Crippen molar-refractivity contribution in [2.45, 2.75) is 19.3 Å². The summed E-state index contributed by atoms with van der Waals surface area (Å²) < 4.78 is 0. The molecule has 2 aromatic rings. The van der Waals surface area contributed by atoms with E-state index in [1.165, 1.54) is 0 Å². The molecule has 0 atom stereocenters. The monoisotopic (exact) mass is 246 g/mol. The van der Waals surface area contributed by atoms with Crippen molar-refractivity contribution in [3.63, 3.8) is 0 Å². The Morgan fingerprint density at radius 2 is 1.00 bits per heavy atom. The molecular weight excluding hydrogens is 232 g/mol. The molecule has 0 heterocycles. The van der Waals surface area contributed by atoms with Gasteiger partial charge in [-0.05, 0) is 11.1 Å². The van der Waals surface area contributed by atoms with E-state index in [4.69, 9.17) is 13.1 Å². The van der Waals surface area contributed by atoms with Crippen LogP contribution >= 0.6 is 0 Å². The Labute approximate surface area is 114 Å². The summed E-state index contributed by atoms with van der Waals surface area (Å²) in [4.78, 5) is 6.81. The summed E-state index contributed by atoms with van der Waals surface area (Å²) >= 11 is 0. The first kappa shape index (κ1) is 12.9. The predicted molar refractivity (Wildman–Crippen MR) is 77.5 cm³/mol. The van der Waals surface area contributed by atoms with Crippen molar-refractivity contribution in [1.82, 2.24) is 0 Å². The van der Waals surface area contributed by atoms with Crippen molar-refractivity contribution >= 4 is 11.4 Å². The zero-order valence-electron chi connectivity index (χ0n) is 11.0. The summed E-state index contributed by atoms with van der Waals surface area (Å²) in [6.45, 7) is 18.2. The molecule has 92 valence electrons. The smallest absolute Gasteiger partial charge is 0.187 e. The molecule has 0 fully saturated rings. The summed E-state index contributed by atoms with van der Waals surface area (Å²) in [6.07, 6.45) is 0. The highest BCUT2D eigenvalue weighted by atomic mass is 14.6. The zero-order chi connectivity index (χ0) is 13.9. The van der Waals surface area contributed by atoms with E-state index in [2.05, 4.69) is 23.5 Å². The summed E-state index contributed by atoms with van der Waals surface area (Å²) in [7, 11) is 0. The second-order valence-corrected chi connectivity index (χ2v) is 4.94. The summed E-state index contributed by atoms with van der Waals surface area (Å²) in [5.41, 5.74) is 3.50. The number of rotatable bonds is 2. The van der Waals surface area contributed by atoms with Crippen molar-refractivity contribution in [1.29, 1.82) is 0 Å². The van der Waals surface area contributed by atoms with Gasteiger partial charge >= 0.3 is 0 Å². The van der Waals surface area contributed by atoms with Crippen LogP contribution in [0.5, 0.6) is 0 Å². The van der Waals surface area contributed by atoms with Gasteiger partial charge in [0.15, 0.2) is 11.4 Å². The van der Waals surface area contributed by atoms with Gasteiger partial charge in [0.05, 0.1) is 13.1 Å². The van der Waals surface area contributed by atoms with Gasteiger partial charge in [-0.3, -0.25) is 0 Å². The molecule has 2 aromatic carbocycles. The maximum Gasteiger partial charge on any atom is 0.187 e. The van der Waals surface area contributed by atoms with Gasteiger partial charge in [0.1, 0.15) is 0 Å². The lowest BCUT2D eigenvalue weighted by atomic mass is 9.78. The van der Waals surface area contributed by atoms with Crippen LogP contribution in [0.3, 0.4) is 0 Å². The summed E-state index contributed by atoms with van der Waals surface area (Å²) in [5, 5.41) is 0. The van der Waals surface area contributed by atoms with E-state index in [0.717, 1.165) is 11.1 Å². The topological polar surface area (TPSA) is 8.72 Å². The maximum atomic E-state index is 6.98. The Bertz CT molecular complexity index is 591. The molecule has 0 spiro atoms. The second-order valence-electron chi connectivity index (χ2n) is 4.94. The molecule has 0 saturated heterocycles. The third-order valence-corrected chi connectivity index (χ3v) is 3.44. The van der Waals surface area contributed by atoms with E-state index in [1.54, 1.807) is 0 Å². The standard InChI is InChI=1S/C17H14N2/c1-17(2,13-5-9-15(18-3)10-6-13)14-7-11-16(19-4)12-8-14/h5-12H,1-2H3. The van der Waals surface area contributed by atoms with Crippen molar-refractivity contribution in [3.05, 3.63) is 82.5 Å². The average Bonchev–Trinajstić information content (AvgIpc) is 2.47. The fourth-order valence-electron chi connectivity index (χ4n) is 2.07. The van der Waals surface area contributed by atoms with Gasteiger partial charge in [-0.2, -0.15) is 0 Å². The fraction of sp³-hybridized carbons (Fsp3) is 0.176. The molecule has 0 unspecified atom stereocenters. The molecule has 2 nitrogen and oxygen atoms in total. The Hall–Kier alpha value is -2.58. The Balaban J connectivity index is 2.40. The van der Waals surface area contributed by atoms with Crippen molar-refractivity contribution in [2.24, 2.45) is 0 Å². The van der Waals surface area contributed by atoms with Crippen LogP contribution in [-0.2, 0) is 5.41 Å². The third-order valence-electron chi connectivity index (χ3n) is 3.44. The normalized spacial score (nSPS) is 10.5. The lowest BCUT2D eigenvalue weighted by Gasteiger charge is -2.26. The van der Waals surface area contributed by atoms with E-state index < -0.39 is 0 Å². The largest absolute Gasteiger partial charge is 0.238 e. The highest BCUT2D eigenvalue weighted by Crippen LogP contribution is 2.33. The fourth-order valence-corrected chi connectivity index (χ4v) is 2.07. The maximum absolute atomic E-state index is 6.98. The minimum Gasteiger partial charge on any atom is -0.238 e. The van der Waals surface area contributed by atoms with E-state index in [9.17, 15) is 0 Å². The second kappa shape index (κ2) is 4.96. The predicted octanol–water partition coefficient (Wildman–Crippen LogP) is 5.11. The first-order chi connectivity index (χ1) is 9.07. The molecule has 0 N–H and O–H groups in total. The van der Waals surface area contributed by atoms with Crippen molar-refractivity contribution in [2.75, 3.05) is 0 Å². The van der Waals surface area contributed by atoms with Crippen LogP contribution in [0, 0.1) is 13.1 Å². The van der Waals surface area contributed by atoms with E-state index in [-0.39, 0.29) is 5.41 Å². The van der Waals surface area contributed by atoms with Gasteiger partial charge in [-0.15, -0.1) is 0 Å². The van der Waals surface area contributed by atoms with Gasteiger partial charge in [0, 0.05) is 5.41 Å². The van der Waals surface area contributed by atoms with Gasteiger partial charge in [-0.1, -0.05) is 62.4 Å². The van der Waals surface area contributed by atoms with Crippen LogP contribution in [0.25, 0.3) is 9.69 Å². The first-order valence-corrected chi connectivity index (χ1v) is 6.04. The molecule has 2 rings (SSSR count). The third kappa shape index (κ3) is 2.49. The molecule has 0 saturated carbocycles. The van der Waals surface area contributed by atoms with Gasteiger partial charge in [0.25, 0.3) is 0 Å². The van der Waals surface area contributed by atoms with Crippen LogP contribution in [0.4, 0.5) is 11.4 Å². The molecule has 0 aliphatic rings. The van der Waals surface area contributed by atoms with Gasteiger partial charge in [0.2, 0.25) is 0 Å². The molecule has 19 heavy (non-hydrogen) atoms. The Morgan fingerprint density at radius 3 is 1.26 bits per heavy atom. The molecule has 0 bridgehead atoms. The van der Waals surface area contributed by atoms with Gasteiger partial charge < -0.3 is 0 Å². The quantitative estimate of drug-likeness (QED) is 0.651. The van der Waals surface area contributed by atoms with Crippen molar-refractivity contribution < 1.29 is 0 Å². The molecule has 0 aromatic heterocycles. The molecule has 0 radical (unpaired) electrons. The number of hydrogen-bond donors (Lipinski definition) is 0. The average molecular weight is 246 g/mol. The first-order valence-electron chi connectivity index (χ1n) is 6.04. The van der Waals surface area contributed by atoms with E-state index >= 15 is 0 Å². The number of nitrogens with zero attached hydrogens (tertiary/aromatic N) is 2. The van der Waals surface area contributed by atoms with Crippen LogP contribution in [-0.4, -0.2) is 0 Å². The molecule has 0 aliphatic heterocycles.